The van der Waals surface area contributed by atoms with Crippen LogP contribution in [0.2, 0.25) is 0 Å². The first kappa shape index (κ1) is 22.4. The predicted molar refractivity (Wildman–Crippen MR) is 133 cm³/mol. The summed E-state index contributed by atoms with van der Waals surface area (Å²) in [6, 6.07) is 12.4. The topological polar surface area (TPSA) is 53.3 Å². The lowest BCUT2D eigenvalue weighted by atomic mass is 9.90. The largest absolute Gasteiger partial charge is 0.401 e. The molecule has 2 heterocycles. The number of aryl methyl sites for hydroxylation is 1. The molecule has 4 N–H and O–H groups in total. The van der Waals surface area contributed by atoms with Crippen LogP contribution >= 0.6 is 0 Å². The molecular weight excluding hydrogens is 399 g/mol. The highest BCUT2D eigenvalue weighted by Crippen LogP contribution is 2.36. The summed E-state index contributed by atoms with van der Waals surface area (Å²) in [4.78, 5) is 2.49. The quantitative estimate of drug-likeness (QED) is 0.601. The molecular formula is C27H35FN4. The molecule has 0 aromatic heterocycles. The number of rotatable bonds is 4. The molecule has 2 aromatic carbocycles. The monoisotopic (exact) mass is 434 g/mol. The number of hydrogen-bond donors (Lipinski definition) is 3. The van der Waals surface area contributed by atoms with Gasteiger partial charge in [0.1, 0.15) is 5.82 Å². The van der Waals surface area contributed by atoms with Crippen LogP contribution in [0.5, 0.6) is 0 Å². The molecule has 0 saturated heterocycles. The van der Waals surface area contributed by atoms with Crippen LogP contribution in [0.25, 0.3) is 11.3 Å². The van der Waals surface area contributed by atoms with Gasteiger partial charge in [-0.05, 0) is 81.0 Å². The van der Waals surface area contributed by atoms with Crippen molar-refractivity contribution in [2.24, 2.45) is 5.73 Å². The summed E-state index contributed by atoms with van der Waals surface area (Å²) in [5.74, 6) is -0.222. The Hall–Kier alpha value is -2.79. The summed E-state index contributed by atoms with van der Waals surface area (Å²) >= 11 is 0. The highest BCUT2D eigenvalue weighted by Gasteiger charge is 2.24. The summed E-state index contributed by atoms with van der Waals surface area (Å²) < 4.78 is 14.6. The van der Waals surface area contributed by atoms with Gasteiger partial charge in [0, 0.05) is 36.9 Å². The van der Waals surface area contributed by atoms with Gasteiger partial charge in [-0.2, -0.15) is 0 Å². The number of nitrogens with one attached hydrogen (secondary N) is 2. The van der Waals surface area contributed by atoms with Crippen LogP contribution in [0.3, 0.4) is 0 Å². The number of nitrogens with zero attached hydrogens (tertiary/aromatic N) is 1. The van der Waals surface area contributed by atoms with Crippen LogP contribution in [0, 0.1) is 12.7 Å². The van der Waals surface area contributed by atoms with E-state index in [2.05, 4.69) is 53.7 Å². The van der Waals surface area contributed by atoms with Gasteiger partial charge in [-0.1, -0.05) is 24.3 Å². The number of fused-ring (bicyclic) bond motifs is 1. The van der Waals surface area contributed by atoms with Crippen molar-refractivity contribution in [3.63, 3.8) is 0 Å². The third kappa shape index (κ3) is 4.68. The van der Waals surface area contributed by atoms with E-state index < -0.39 is 0 Å². The fourth-order valence-electron chi connectivity index (χ4n) is 4.73. The van der Waals surface area contributed by atoms with Gasteiger partial charge in [-0.3, -0.25) is 4.90 Å². The molecule has 0 saturated carbocycles. The molecule has 1 unspecified atom stereocenters. The smallest absolute Gasteiger partial charge is 0.146 e. The van der Waals surface area contributed by atoms with Crippen molar-refractivity contribution < 1.29 is 4.39 Å². The highest BCUT2D eigenvalue weighted by molar-refractivity contribution is 5.75. The maximum absolute atomic E-state index is 14.6. The first-order valence-electron chi connectivity index (χ1n) is 11.6. The normalized spacial score (nSPS) is 20.8. The maximum Gasteiger partial charge on any atom is 0.146 e. The van der Waals surface area contributed by atoms with E-state index in [-0.39, 0.29) is 11.9 Å². The summed E-state index contributed by atoms with van der Waals surface area (Å²) in [6.45, 7) is 11.2. The predicted octanol–water partition coefficient (Wildman–Crippen LogP) is 5.43. The third-order valence-electron chi connectivity index (χ3n) is 6.62. The average molecular weight is 435 g/mol. The van der Waals surface area contributed by atoms with E-state index in [9.17, 15) is 4.39 Å². The van der Waals surface area contributed by atoms with E-state index >= 15 is 0 Å². The van der Waals surface area contributed by atoms with Crippen molar-refractivity contribution in [2.75, 3.05) is 25.0 Å². The number of nitrogens with two attached hydrogens (primary N) is 1. The Balaban J connectivity index is 1.73. The molecule has 5 heteroatoms. The second kappa shape index (κ2) is 9.37. The molecule has 4 nitrogen and oxygen atoms in total. The molecule has 2 aliphatic rings. The molecule has 2 aromatic rings. The summed E-state index contributed by atoms with van der Waals surface area (Å²) in [7, 11) is 0. The van der Waals surface area contributed by atoms with Crippen LogP contribution in [-0.2, 0) is 0 Å². The van der Waals surface area contributed by atoms with Crippen LogP contribution in [0.4, 0.5) is 10.1 Å². The first-order valence-corrected chi connectivity index (χ1v) is 11.6. The molecule has 0 spiro atoms. The number of allylic oxidation sites excluding steroid dienone is 1. The molecule has 0 fully saturated rings. The van der Waals surface area contributed by atoms with E-state index in [1.807, 2.05) is 19.9 Å². The summed E-state index contributed by atoms with van der Waals surface area (Å²) in [5, 5.41) is 6.99. The van der Waals surface area contributed by atoms with Crippen molar-refractivity contribution in [3.05, 3.63) is 76.2 Å². The molecule has 1 atom stereocenters. The van der Waals surface area contributed by atoms with Gasteiger partial charge >= 0.3 is 0 Å². The molecule has 0 aliphatic carbocycles. The van der Waals surface area contributed by atoms with Crippen molar-refractivity contribution in [3.8, 4) is 0 Å². The molecule has 32 heavy (non-hydrogen) atoms. The van der Waals surface area contributed by atoms with Crippen LogP contribution in [0.15, 0.2) is 48.2 Å². The van der Waals surface area contributed by atoms with Crippen molar-refractivity contribution >= 4 is 17.0 Å². The lowest BCUT2D eigenvalue weighted by molar-refractivity contribution is 0.245. The van der Waals surface area contributed by atoms with E-state index in [0.717, 1.165) is 55.0 Å². The van der Waals surface area contributed by atoms with Gasteiger partial charge in [0.25, 0.3) is 0 Å². The number of benzene rings is 2. The average Bonchev–Trinajstić information content (AvgIpc) is 2.95. The zero-order valence-electron chi connectivity index (χ0n) is 19.6. The van der Waals surface area contributed by atoms with Crippen molar-refractivity contribution in [1.29, 1.82) is 0 Å². The third-order valence-corrected chi connectivity index (χ3v) is 6.62. The molecule has 2 aliphatic heterocycles. The Morgan fingerprint density at radius 1 is 1.22 bits per heavy atom. The van der Waals surface area contributed by atoms with E-state index in [0.29, 0.717) is 11.7 Å². The SMILES string of the molecule is C/C(N)=C1/NCCC(Nc2cc(C)ccc2F)c2cc(C3=CCN(C(C)C)CC3)ccc21. The van der Waals surface area contributed by atoms with E-state index in [1.54, 1.807) is 6.07 Å². The Labute approximate surface area is 191 Å². The fraction of sp³-hybridized carbons (Fsp3) is 0.407. The van der Waals surface area contributed by atoms with Crippen molar-refractivity contribution in [1.82, 2.24) is 10.2 Å². The molecule has 0 bridgehead atoms. The minimum absolute atomic E-state index is 0.0121. The fourth-order valence-corrected chi connectivity index (χ4v) is 4.73. The minimum Gasteiger partial charge on any atom is -0.401 e. The second-order valence-corrected chi connectivity index (χ2v) is 9.32. The Morgan fingerprint density at radius 2 is 2.03 bits per heavy atom. The molecule has 0 amide bonds. The van der Waals surface area contributed by atoms with Crippen LogP contribution in [0.1, 0.15) is 61.9 Å². The Morgan fingerprint density at radius 3 is 2.72 bits per heavy atom. The Bertz CT molecular complexity index is 1050. The van der Waals surface area contributed by atoms with Gasteiger partial charge in [-0.25, -0.2) is 4.39 Å². The van der Waals surface area contributed by atoms with Gasteiger partial charge in [-0.15, -0.1) is 0 Å². The zero-order chi connectivity index (χ0) is 22.8. The number of halogens is 1. The first-order chi connectivity index (χ1) is 15.3. The standard InChI is InChI=1S/C27H35FN4/c1-17(2)32-13-10-20(11-14-32)21-6-7-22-23(16-21)25(9-12-30-27(22)19(4)29)31-26-15-18(3)5-8-24(26)28/h5-8,10,15-17,25,30-31H,9,11-14,29H2,1-4H3/b27-19-. The van der Waals surface area contributed by atoms with Gasteiger partial charge < -0.3 is 16.4 Å². The highest BCUT2D eigenvalue weighted by atomic mass is 19.1. The second-order valence-electron chi connectivity index (χ2n) is 9.32. The molecule has 0 radical (unpaired) electrons. The number of hydrogen-bond acceptors (Lipinski definition) is 4. The number of anilines is 1. The molecule has 4 rings (SSSR count). The maximum atomic E-state index is 14.6. The van der Waals surface area contributed by atoms with Gasteiger partial charge in [0.15, 0.2) is 0 Å². The Kier molecular flexibility index (Phi) is 6.56. The lowest BCUT2D eigenvalue weighted by Gasteiger charge is -2.30. The van der Waals surface area contributed by atoms with Crippen molar-refractivity contribution in [2.45, 2.75) is 52.6 Å². The lowest BCUT2D eigenvalue weighted by Crippen LogP contribution is -2.34. The van der Waals surface area contributed by atoms with Gasteiger partial charge in [0.2, 0.25) is 0 Å². The zero-order valence-corrected chi connectivity index (χ0v) is 19.6. The molecule has 170 valence electrons. The summed E-state index contributed by atoms with van der Waals surface area (Å²) in [6.07, 6.45) is 4.23. The van der Waals surface area contributed by atoms with Crippen LogP contribution in [-0.4, -0.2) is 30.6 Å². The van der Waals surface area contributed by atoms with Gasteiger partial charge in [0.05, 0.1) is 17.4 Å². The minimum atomic E-state index is -0.222. The van der Waals surface area contributed by atoms with E-state index in [1.165, 1.54) is 22.8 Å². The van der Waals surface area contributed by atoms with Crippen LogP contribution < -0.4 is 16.4 Å². The van der Waals surface area contributed by atoms with E-state index in [4.69, 9.17) is 5.73 Å². The summed E-state index contributed by atoms with van der Waals surface area (Å²) in [5.41, 5.74) is 14.5.